The zero-order chi connectivity index (χ0) is 15.6. The minimum atomic E-state index is -0.551. The molecule has 114 valence electrons. The summed E-state index contributed by atoms with van der Waals surface area (Å²) in [5, 5.41) is 10.1. The minimum absolute atomic E-state index is 0.0913. The molecule has 0 amide bonds. The maximum atomic E-state index is 12.3. The fourth-order valence-corrected chi connectivity index (χ4v) is 2.22. The molecule has 2 aromatic rings. The van der Waals surface area contributed by atoms with Crippen molar-refractivity contribution in [3.8, 4) is 0 Å². The highest BCUT2D eigenvalue weighted by Gasteiger charge is 2.21. The van der Waals surface area contributed by atoms with E-state index in [1.807, 2.05) is 45.0 Å². The topological polar surface area (TPSA) is 77.5 Å². The van der Waals surface area contributed by atoms with Gasteiger partial charge < -0.3 is 15.6 Å². The van der Waals surface area contributed by atoms with Gasteiger partial charge in [-0.05, 0) is 38.8 Å². The molecule has 0 bridgehead atoms. The highest BCUT2D eigenvalue weighted by atomic mass is 16.6. The number of nitrogens with two attached hydrogens (primary N) is 1. The van der Waals surface area contributed by atoms with Crippen molar-refractivity contribution in [2.75, 3.05) is 6.61 Å². The molecule has 3 N–H and O–H groups in total. The quantitative estimate of drug-likeness (QED) is 0.909. The van der Waals surface area contributed by atoms with Gasteiger partial charge in [0, 0.05) is 17.6 Å². The maximum Gasteiger partial charge on any atom is 0.419 e. The molecule has 0 saturated heterocycles. The molecular weight excluding hydrogens is 268 g/mol. The van der Waals surface area contributed by atoms with Crippen molar-refractivity contribution >= 4 is 17.0 Å². The lowest BCUT2D eigenvalue weighted by atomic mass is 10.1. The number of aliphatic hydroxyl groups is 1. The first-order valence-electron chi connectivity index (χ1n) is 7.00. The number of ether oxygens (including phenoxy) is 1. The van der Waals surface area contributed by atoms with Gasteiger partial charge in [-0.15, -0.1) is 0 Å². The number of carbonyl (C=O) groups excluding carboxylic acids is 1. The smallest absolute Gasteiger partial charge is 0.419 e. The van der Waals surface area contributed by atoms with Gasteiger partial charge in [0.25, 0.3) is 0 Å². The SMILES string of the molecule is CC(C)(C)OC(=O)n1cc(C[C@H](N)CO)c2ccccc21. The van der Waals surface area contributed by atoms with Gasteiger partial charge in [-0.25, -0.2) is 4.79 Å². The maximum absolute atomic E-state index is 12.3. The number of para-hydroxylation sites is 1. The normalized spacial score (nSPS) is 13.4. The molecule has 0 aliphatic rings. The predicted molar refractivity (Wildman–Crippen MR) is 82.3 cm³/mol. The molecule has 2 rings (SSSR count). The van der Waals surface area contributed by atoms with Gasteiger partial charge >= 0.3 is 6.09 Å². The van der Waals surface area contributed by atoms with E-state index in [9.17, 15) is 4.79 Å². The second-order valence-corrected chi connectivity index (χ2v) is 6.17. The van der Waals surface area contributed by atoms with E-state index in [1.165, 1.54) is 4.57 Å². The number of aliphatic hydroxyl groups excluding tert-OH is 1. The molecule has 1 heterocycles. The highest BCUT2D eigenvalue weighted by Crippen LogP contribution is 2.23. The van der Waals surface area contributed by atoms with Gasteiger partial charge in [0.05, 0.1) is 12.1 Å². The summed E-state index contributed by atoms with van der Waals surface area (Å²) in [5.74, 6) is 0. The minimum Gasteiger partial charge on any atom is -0.443 e. The van der Waals surface area contributed by atoms with E-state index in [0.29, 0.717) is 6.42 Å². The molecule has 5 heteroatoms. The Hall–Kier alpha value is -1.85. The summed E-state index contributed by atoms with van der Waals surface area (Å²) in [6.07, 6.45) is 1.84. The third-order valence-electron chi connectivity index (χ3n) is 3.10. The lowest BCUT2D eigenvalue weighted by Crippen LogP contribution is -2.27. The van der Waals surface area contributed by atoms with E-state index in [2.05, 4.69) is 0 Å². The van der Waals surface area contributed by atoms with Gasteiger partial charge in [0.1, 0.15) is 5.60 Å². The Morgan fingerprint density at radius 1 is 1.38 bits per heavy atom. The summed E-state index contributed by atoms with van der Waals surface area (Å²) in [6, 6.07) is 7.25. The zero-order valence-corrected chi connectivity index (χ0v) is 12.7. The first-order valence-corrected chi connectivity index (χ1v) is 7.00. The van der Waals surface area contributed by atoms with Crippen molar-refractivity contribution in [3.63, 3.8) is 0 Å². The molecule has 0 aliphatic heterocycles. The second-order valence-electron chi connectivity index (χ2n) is 6.17. The summed E-state index contributed by atoms with van der Waals surface area (Å²) in [7, 11) is 0. The fourth-order valence-electron chi connectivity index (χ4n) is 2.22. The third kappa shape index (κ3) is 3.62. The summed E-state index contributed by atoms with van der Waals surface area (Å²) < 4.78 is 6.92. The Bertz CT molecular complexity index is 640. The molecular formula is C16H22N2O3. The van der Waals surface area contributed by atoms with Crippen molar-refractivity contribution in [2.24, 2.45) is 5.73 Å². The molecule has 0 unspecified atom stereocenters. The standard InChI is InChI=1S/C16H22N2O3/c1-16(2,3)21-15(20)18-9-11(8-12(17)10-19)13-6-4-5-7-14(13)18/h4-7,9,12,19H,8,10,17H2,1-3H3/t12-/m0/s1. The van der Waals surface area contributed by atoms with Gasteiger partial charge in [-0.3, -0.25) is 4.57 Å². The van der Waals surface area contributed by atoms with Crippen molar-refractivity contribution < 1.29 is 14.6 Å². The lowest BCUT2D eigenvalue weighted by Gasteiger charge is -2.19. The average molecular weight is 290 g/mol. The molecule has 0 saturated carbocycles. The highest BCUT2D eigenvalue weighted by molar-refractivity contribution is 5.92. The van der Waals surface area contributed by atoms with Crippen molar-refractivity contribution in [1.29, 1.82) is 0 Å². The van der Waals surface area contributed by atoms with E-state index < -0.39 is 11.7 Å². The third-order valence-corrected chi connectivity index (χ3v) is 3.10. The summed E-state index contributed by atoms with van der Waals surface area (Å²) in [6.45, 7) is 5.41. The fraction of sp³-hybridized carbons (Fsp3) is 0.438. The van der Waals surface area contributed by atoms with Gasteiger partial charge in [0.2, 0.25) is 0 Å². The molecule has 0 radical (unpaired) electrons. The Balaban J connectivity index is 2.42. The Kier molecular flexibility index (Phi) is 4.34. The number of carbonyl (C=O) groups is 1. The van der Waals surface area contributed by atoms with Crippen LogP contribution in [0.1, 0.15) is 26.3 Å². The number of hydrogen-bond acceptors (Lipinski definition) is 4. The molecule has 1 atom stereocenters. The van der Waals surface area contributed by atoms with Gasteiger partial charge in [-0.2, -0.15) is 0 Å². The number of benzene rings is 1. The van der Waals surface area contributed by atoms with E-state index >= 15 is 0 Å². The number of aromatic nitrogens is 1. The van der Waals surface area contributed by atoms with E-state index in [0.717, 1.165) is 16.5 Å². The van der Waals surface area contributed by atoms with Crippen LogP contribution >= 0.6 is 0 Å². The molecule has 0 spiro atoms. The van der Waals surface area contributed by atoms with Crippen molar-refractivity contribution in [1.82, 2.24) is 4.57 Å². The average Bonchev–Trinajstić information content (AvgIpc) is 2.76. The van der Waals surface area contributed by atoms with Crippen LogP contribution in [-0.2, 0) is 11.2 Å². The number of nitrogens with zero attached hydrogens (tertiary/aromatic N) is 1. The predicted octanol–water partition coefficient (Wildman–Crippen LogP) is 2.29. The van der Waals surface area contributed by atoms with Gasteiger partial charge in [-0.1, -0.05) is 18.2 Å². The van der Waals surface area contributed by atoms with Crippen LogP contribution in [0.2, 0.25) is 0 Å². The van der Waals surface area contributed by atoms with Crippen LogP contribution in [0.4, 0.5) is 4.79 Å². The van der Waals surface area contributed by atoms with Crippen molar-refractivity contribution in [2.45, 2.75) is 38.8 Å². The summed E-state index contributed by atoms with van der Waals surface area (Å²) >= 11 is 0. The van der Waals surface area contributed by atoms with E-state index in [1.54, 1.807) is 6.20 Å². The van der Waals surface area contributed by atoms with Crippen molar-refractivity contribution in [3.05, 3.63) is 36.0 Å². The lowest BCUT2D eigenvalue weighted by molar-refractivity contribution is 0.0544. The van der Waals surface area contributed by atoms with Crippen LogP contribution < -0.4 is 5.73 Å². The molecule has 0 fully saturated rings. The van der Waals surface area contributed by atoms with Crippen LogP contribution in [0.15, 0.2) is 30.5 Å². The molecule has 0 aliphatic carbocycles. The largest absolute Gasteiger partial charge is 0.443 e. The van der Waals surface area contributed by atoms with Crippen LogP contribution in [0.5, 0.6) is 0 Å². The van der Waals surface area contributed by atoms with Crippen LogP contribution in [0.25, 0.3) is 10.9 Å². The number of fused-ring (bicyclic) bond motifs is 1. The van der Waals surface area contributed by atoms with Crippen LogP contribution in [-0.4, -0.2) is 34.0 Å². The van der Waals surface area contributed by atoms with Crippen LogP contribution in [0.3, 0.4) is 0 Å². The van der Waals surface area contributed by atoms with E-state index in [4.69, 9.17) is 15.6 Å². The van der Waals surface area contributed by atoms with Crippen LogP contribution in [0, 0.1) is 0 Å². The zero-order valence-electron chi connectivity index (χ0n) is 12.7. The Morgan fingerprint density at radius 2 is 2.05 bits per heavy atom. The Morgan fingerprint density at radius 3 is 2.67 bits per heavy atom. The second kappa shape index (κ2) is 5.87. The summed E-state index contributed by atoms with van der Waals surface area (Å²) in [4.78, 5) is 12.3. The summed E-state index contributed by atoms with van der Waals surface area (Å²) in [5.41, 5.74) is 6.97. The molecule has 21 heavy (non-hydrogen) atoms. The molecule has 5 nitrogen and oxygen atoms in total. The first-order chi connectivity index (χ1) is 9.81. The molecule has 1 aromatic carbocycles. The first kappa shape index (κ1) is 15.5. The number of rotatable bonds is 3. The molecule has 1 aromatic heterocycles. The Labute approximate surface area is 124 Å². The number of hydrogen-bond donors (Lipinski definition) is 2. The monoisotopic (exact) mass is 290 g/mol. The van der Waals surface area contributed by atoms with E-state index in [-0.39, 0.29) is 12.6 Å². The van der Waals surface area contributed by atoms with Gasteiger partial charge in [0.15, 0.2) is 0 Å².